The van der Waals surface area contributed by atoms with Crippen LogP contribution in [0, 0.1) is 22.7 Å². The molecule has 0 aliphatic carbocycles. The van der Waals surface area contributed by atoms with Gasteiger partial charge in [-0.25, -0.2) is 0 Å². The van der Waals surface area contributed by atoms with E-state index in [0.29, 0.717) is 11.1 Å². The van der Waals surface area contributed by atoms with Gasteiger partial charge in [0.25, 0.3) is 0 Å². The van der Waals surface area contributed by atoms with Crippen molar-refractivity contribution in [1.82, 2.24) is 0 Å². The molecule has 0 fully saturated rings. The molecule has 0 aliphatic heterocycles. The molecule has 0 saturated heterocycles. The topological polar surface area (TPSA) is 47.6 Å². The first-order valence-electron chi connectivity index (χ1n) is 13.6. The summed E-state index contributed by atoms with van der Waals surface area (Å²) in [5, 5.41) is 24.0. The van der Waals surface area contributed by atoms with Crippen molar-refractivity contribution < 1.29 is 0 Å². The number of rotatable bonds is 3. The maximum Gasteiger partial charge on any atom is 0.0991 e. The van der Waals surface area contributed by atoms with E-state index in [2.05, 4.69) is 103 Å². The maximum atomic E-state index is 9.62. The van der Waals surface area contributed by atoms with Crippen molar-refractivity contribution >= 4 is 63.0 Å². The van der Waals surface area contributed by atoms with Crippen molar-refractivity contribution in [3.05, 3.63) is 132 Å². The molecular weight excluding hydrogens is 549 g/mol. The highest BCUT2D eigenvalue weighted by Gasteiger charge is 2.16. The highest BCUT2D eigenvalue weighted by Crippen LogP contribution is 2.44. The second-order valence-electron chi connectivity index (χ2n) is 10.4. The molecule has 194 valence electrons. The van der Waals surface area contributed by atoms with Crippen LogP contribution in [0.1, 0.15) is 11.1 Å². The minimum atomic E-state index is 0.644. The van der Waals surface area contributed by atoms with Crippen LogP contribution >= 0.6 is 22.7 Å². The molecule has 42 heavy (non-hydrogen) atoms. The van der Waals surface area contributed by atoms with Crippen molar-refractivity contribution in [2.75, 3.05) is 0 Å². The van der Waals surface area contributed by atoms with E-state index >= 15 is 0 Å². The first kappa shape index (κ1) is 24.5. The Labute approximate surface area is 250 Å². The molecule has 4 heteroatoms. The zero-order valence-electron chi connectivity index (χ0n) is 22.3. The highest BCUT2D eigenvalue weighted by molar-refractivity contribution is 7.26. The number of nitrogens with zero attached hydrogens (tertiary/aromatic N) is 2. The lowest BCUT2D eigenvalue weighted by molar-refractivity contribution is 1.48. The van der Waals surface area contributed by atoms with Crippen LogP contribution in [0.15, 0.2) is 121 Å². The van der Waals surface area contributed by atoms with Gasteiger partial charge in [-0.2, -0.15) is 10.5 Å². The largest absolute Gasteiger partial charge is 0.192 e. The lowest BCUT2D eigenvalue weighted by Gasteiger charge is -2.13. The monoisotopic (exact) mass is 568 g/mol. The van der Waals surface area contributed by atoms with E-state index in [1.165, 1.54) is 35.1 Å². The lowest BCUT2D eigenvalue weighted by atomic mass is 9.92. The summed E-state index contributed by atoms with van der Waals surface area (Å²) in [7, 11) is 0. The first-order valence-corrected chi connectivity index (χ1v) is 15.3. The van der Waals surface area contributed by atoms with Crippen LogP contribution in [0.4, 0.5) is 0 Å². The van der Waals surface area contributed by atoms with Crippen molar-refractivity contribution in [3.8, 4) is 45.5 Å². The van der Waals surface area contributed by atoms with Gasteiger partial charge >= 0.3 is 0 Å². The molecule has 8 aromatic rings. The minimum absolute atomic E-state index is 0.644. The van der Waals surface area contributed by atoms with Crippen LogP contribution < -0.4 is 0 Å². The van der Waals surface area contributed by atoms with Crippen molar-refractivity contribution in [1.29, 1.82) is 10.5 Å². The van der Waals surface area contributed by atoms with Crippen LogP contribution in [0.5, 0.6) is 0 Å². The summed E-state index contributed by atoms with van der Waals surface area (Å²) >= 11 is 3.60. The number of hydrogen-bond donors (Lipinski definition) is 0. The van der Waals surface area contributed by atoms with Crippen LogP contribution in [0.3, 0.4) is 0 Å². The fourth-order valence-corrected chi connectivity index (χ4v) is 8.40. The Morgan fingerprint density at radius 2 is 0.976 bits per heavy atom. The van der Waals surface area contributed by atoms with E-state index in [1.54, 1.807) is 11.3 Å². The van der Waals surface area contributed by atoms with E-state index in [-0.39, 0.29) is 0 Å². The third-order valence-corrected chi connectivity index (χ3v) is 10.3. The molecule has 0 bridgehead atoms. The van der Waals surface area contributed by atoms with E-state index in [9.17, 15) is 10.5 Å². The van der Waals surface area contributed by atoms with Gasteiger partial charge in [0, 0.05) is 40.3 Å². The highest BCUT2D eigenvalue weighted by atomic mass is 32.1. The van der Waals surface area contributed by atoms with Gasteiger partial charge in [0.15, 0.2) is 0 Å². The molecule has 0 amide bonds. The normalized spacial score (nSPS) is 11.3. The Kier molecular flexibility index (Phi) is 5.66. The molecule has 0 unspecified atom stereocenters. The van der Waals surface area contributed by atoms with Gasteiger partial charge < -0.3 is 0 Å². The molecule has 0 aliphatic rings. The van der Waals surface area contributed by atoms with Gasteiger partial charge in [0.1, 0.15) is 0 Å². The Morgan fingerprint density at radius 1 is 0.405 bits per heavy atom. The molecule has 0 N–H and O–H groups in total. The number of thiophene rings is 2. The Hall–Kier alpha value is -5.26. The Bertz CT molecular complexity index is 2450. The zero-order chi connectivity index (χ0) is 28.2. The van der Waals surface area contributed by atoms with Gasteiger partial charge in [0.2, 0.25) is 0 Å². The van der Waals surface area contributed by atoms with E-state index in [1.807, 2.05) is 41.7 Å². The average Bonchev–Trinajstić information content (AvgIpc) is 3.62. The third-order valence-electron chi connectivity index (χ3n) is 7.91. The second-order valence-corrected chi connectivity index (χ2v) is 12.5. The summed E-state index contributed by atoms with van der Waals surface area (Å²) in [6.07, 6.45) is 0. The van der Waals surface area contributed by atoms with Gasteiger partial charge in [-0.05, 0) is 88.0 Å². The zero-order valence-corrected chi connectivity index (χ0v) is 23.9. The van der Waals surface area contributed by atoms with E-state index < -0.39 is 0 Å². The fourth-order valence-electron chi connectivity index (χ4n) is 5.94. The Balaban J connectivity index is 1.42. The number of nitriles is 2. The quantitative estimate of drug-likeness (QED) is 0.213. The van der Waals surface area contributed by atoms with Crippen molar-refractivity contribution in [3.63, 3.8) is 0 Å². The van der Waals surface area contributed by atoms with Gasteiger partial charge in [-0.3, -0.25) is 0 Å². The molecule has 2 heterocycles. The van der Waals surface area contributed by atoms with Crippen LogP contribution in [-0.4, -0.2) is 0 Å². The Morgan fingerprint density at radius 3 is 1.69 bits per heavy atom. The molecule has 0 spiro atoms. The first-order chi connectivity index (χ1) is 20.7. The van der Waals surface area contributed by atoms with Crippen LogP contribution in [0.2, 0.25) is 0 Å². The summed E-state index contributed by atoms with van der Waals surface area (Å²) < 4.78 is 4.93. The number of hydrogen-bond acceptors (Lipinski definition) is 4. The van der Waals surface area contributed by atoms with Crippen LogP contribution in [0.25, 0.3) is 73.7 Å². The molecule has 8 rings (SSSR count). The van der Waals surface area contributed by atoms with Crippen molar-refractivity contribution in [2.45, 2.75) is 0 Å². The summed E-state index contributed by atoms with van der Waals surface area (Å²) in [6.45, 7) is 0. The molecule has 0 atom stereocenters. The third kappa shape index (κ3) is 3.90. The standard InChI is InChI=1S/C38H20N2S2/c39-21-23-6-3-7-25(16-23)26-18-27(29-9-4-11-32-31-8-1-2-13-35(31)41-37(29)32)20-28(19-26)30-10-5-12-33-34-17-24(22-40)14-15-36(34)42-38(30)33/h1-20H. The van der Waals surface area contributed by atoms with Gasteiger partial charge in [-0.1, -0.05) is 66.7 Å². The van der Waals surface area contributed by atoms with E-state index in [0.717, 1.165) is 38.6 Å². The summed E-state index contributed by atoms with van der Waals surface area (Å²) in [5.74, 6) is 0. The molecule has 0 radical (unpaired) electrons. The van der Waals surface area contributed by atoms with Crippen molar-refractivity contribution in [2.24, 2.45) is 0 Å². The molecular formula is C38H20N2S2. The average molecular weight is 569 g/mol. The summed E-state index contributed by atoms with van der Waals surface area (Å²) in [5.41, 5.74) is 8.04. The molecule has 6 aromatic carbocycles. The predicted molar refractivity (Wildman–Crippen MR) is 178 cm³/mol. The van der Waals surface area contributed by atoms with Crippen LogP contribution in [-0.2, 0) is 0 Å². The second kappa shape index (κ2) is 9.68. The number of benzene rings is 6. The molecule has 2 aromatic heterocycles. The smallest absolute Gasteiger partial charge is 0.0991 e. The van der Waals surface area contributed by atoms with E-state index in [4.69, 9.17) is 0 Å². The fraction of sp³-hybridized carbons (Fsp3) is 0. The molecule has 2 nitrogen and oxygen atoms in total. The summed E-state index contributed by atoms with van der Waals surface area (Å²) in [6, 6.07) is 46.8. The van der Waals surface area contributed by atoms with Gasteiger partial charge in [0.05, 0.1) is 23.3 Å². The summed E-state index contributed by atoms with van der Waals surface area (Å²) in [4.78, 5) is 0. The maximum absolute atomic E-state index is 9.62. The predicted octanol–water partition coefficient (Wildman–Crippen LogP) is 11.2. The number of fused-ring (bicyclic) bond motifs is 6. The van der Waals surface area contributed by atoms with Gasteiger partial charge in [-0.15, -0.1) is 22.7 Å². The minimum Gasteiger partial charge on any atom is -0.192 e. The lowest BCUT2D eigenvalue weighted by Crippen LogP contribution is -1.87. The molecule has 0 saturated carbocycles. The SMILES string of the molecule is N#Cc1cccc(-c2cc(-c3cccc4c3sc3ccccc34)cc(-c3cccc4c3sc3ccc(C#N)cc34)c2)c1.